The molecule has 2 aromatic heterocycles. The summed E-state index contributed by atoms with van der Waals surface area (Å²) in [5.74, 6) is 0. The summed E-state index contributed by atoms with van der Waals surface area (Å²) in [4.78, 5) is 0. The molecule has 1 atom stereocenters. The average Bonchev–Trinajstić information content (AvgIpc) is 2.82. The minimum Gasteiger partial charge on any atom is -0.306 e. The molecule has 1 unspecified atom stereocenters. The van der Waals surface area contributed by atoms with Gasteiger partial charge < -0.3 is 5.32 Å². The second kappa shape index (κ2) is 5.72. The standard InChI is InChI=1S/C12H13Cl2NS2/c1-3-15-11(9-6-16-5-7(9)2)8-4-10(13)17-12(8)14/h4-6,11,15H,3H2,1-2H3. The van der Waals surface area contributed by atoms with Crippen LogP contribution in [0.2, 0.25) is 8.67 Å². The molecule has 17 heavy (non-hydrogen) atoms. The van der Waals surface area contributed by atoms with Crippen molar-refractivity contribution in [2.75, 3.05) is 6.54 Å². The highest BCUT2D eigenvalue weighted by atomic mass is 35.5. The molecule has 1 nitrogen and oxygen atoms in total. The molecule has 1 N–H and O–H groups in total. The highest BCUT2D eigenvalue weighted by molar-refractivity contribution is 7.20. The maximum atomic E-state index is 6.24. The summed E-state index contributed by atoms with van der Waals surface area (Å²) >= 11 is 15.4. The minimum absolute atomic E-state index is 0.141. The maximum Gasteiger partial charge on any atom is 0.0995 e. The molecule has 0 aliphatic rings. The van der Waals surface area contributed by atoms with Crippen molar-refractivity contribution < 1.29 is 0 Å². The molecule has 2 rings (SSSR count). The summed E-state index contributed by atoms with van der Waals surface area (Å²) in [6, 6.07) is 2.10. The van der Waals surface area contributed by atoms with E-state index in [2.05, 4.69) is 29.9 Å². The fourth-order valence-corrected chi connectivity index (χ4v) is 4.22. The van der Waals surface area contributed by atoms with Gasteiger partial charge in [-0.15, -0.1) is 11.3 Å². The van der Waals surface area contributed by atoms with Crippen molar-refractivity contribution >= 4 is 45.9 Å². The average molecular weight is 306 g/mol. The Morgan fingerprint density at radius 2 is 2.06 bits per heavy atom. The molecular weight excluding hydrogens is 293 g/mol. The van der Waals surface area contributed by atoms with Gasteiger partial charge in [0.2, 0.25) is 0 Å². The van der Waals surface area contributed by atoms with Crippen LogP contribution in [0, 0.1) is 6.92 Å². The largest absolute Gasteiger partial charge is 0.306 e. The summed E-state index contributed by atoms with van der Waals surface area (Å²) in [5, 5.41) is 7.79. The van der Waals surface area contributed by atoms with Crippen LogP contribution in [0.5, 0.6) is 0 Å². The van der Waals surface area contributed by atoms with Crippen molar-refractivity contribution in [2.45, 2.75) is 19.9 Å². The SMILES string of the molecule is CCNC(c1cscc1C)c1cc(Cl)sc1Cl. The van der Waals surface area contributed by atoms with Crippen LogP contribution in [0.25, 0.3) is 0 Å². The number of aryl methyl sites for hydroxylation is 1. The number of nitrogens with one attached hydrogen (secondary N) is 1. The van der Waals surface area contributed by atoms with Crippen LogP contribution in [-0.4, -0.2) is 6.54 Å². The Kier molecular flexibility index (Phi) is 4.50. The monoisotopic (exact) mass is 305 g/mol. The van der Waals surface area contributed by atoms with Crippen LogP contribution in [0.15, 0.2) is 16.8 Å². The molecule has 92 valence electrons. The fraction of sp³-hybridized carbons (Fsp3) is 0.333. The van der Waals surface area contributed by atoms with Gasteiger partial charge in [-0.2, -0.15) is 11.3 Å². The van der Waals surface area contributed by atoms with Crippen molar-refractivity contribution in [3.63, 3.8) is 0 Å². The van der Waals surface area contributed by atoms with Crippen LogP contribution in [0.4, 0.5) is 0 Å². The van der Waals surface area contributed by atoms with Gasteiger partial charge in [0.05, 0.1) is 14.7 Å². The first-order valence-corrected chi connectivity index (χ1v) is 7.85. The molecule has 0 aromatic carbocycles. The first-order valence-electron chi connectivity index (χ1n) is 5.34. The van der Waals surface area contributed by atoms with Crippen molar-refractivity contribution in [1.29, 1.82) is 0 Å². The molecule has 0 radical (unpaired) electrons. The number of halogens is 2. The lowest BCUT2D eigenvalue weighted by Crippen LogP contribution is -2.21. The first-order chi connectivity index (χ1) is 8.13. The Balaban J connectivity index is 2.42. The lowest BCUT2D eigenvalue weighted by molar-refractivity contribution is 0.631. The van der Waals surface area contributed by atoms with E-state index in [-0.39, 0.29) is 6.04 Å². The Bertz CT molecular complexity index is 504. The smallest absolute Gasteiger partial charge is 0.0995 e. The number of thiophene rings is 2. The van der Waals surface area contributed by atoms with Crippen LogP contribution in [0.3, 0.4) is 0 Å². The van der Waals surface area contributed by atoms with Crippen LogP contribution in [-0.2, 0) is 0 Å². The Hall–Kier alpha value is -0.0600. The third kappa shape index (κ3) is 2.85. The van der Waals surface area contributed by atoms with Crippen LogP contribution >= 0.6 is 45.9 Å². The number of rotatable bonds is 4. The molecule has 0 aliphatic carbocycles. The molecule has 5 heteroatoms. The number of hydrogen-bond donors (Lipinski definition) is 1. The lowest BCUT2D eigenvalue weighted by atomic mass is 10.0. The summed E-state index contributed by atoms with van der Waals surface area (Å²) in [5.41, 5.74) is 3.65. The highest BCUT2D eigenvalue weighted by Gasteiger charge is 2.20. The molecule has 0 saturated carbocycles. The Morgan fingerprint density at radius 1 is 1.29 bits per heavy atom. The first kappa shape index (κ1) is 13.4. The molecule has 2 aromatic rings. The third-order valence-corrected chi connectivity index (χ3v) is 5.01. The van der Waals surface area contributed by atoms with E-state index in [0.717, 1.165) is 20.8 Å². The quantitative estimate of drug-likeness (QED) is 0.826. The lowest BCUT2D eigenvalue weighted by Gasteiger charge is -2.17. The van der Waals surface area contributed by atoms with E-state index in [0.29, 0.717) is 0 Å². The topological polar surface area (TPSA) is 12.0 Å². The summed E-state index contributed by atoms with van der Waals surface area (Å²) < 4.78 is 1.51. The van der Waals surface area contributed by atoms with Crippen molar-refractivity contribution in [3.8, 4) is 0 Å². The van der Waals surface area contributed by atoms with Crippen LogP contribution < -0.4 is 5.32 Å². The van der Waals surface area contributed by atoms with Crippen molar-refractivity contribution in [3.05, 3.63) is 42.2 Å². The normalized spacial score (nSPS) is 12.9. The van der Waals surface area contributed by atoms with E-state index < -0.39 is 0 Å². The fourth-order valence-electron chi connectivity index (χ4n) is 1.81. The van der Waals surface area contributed by atoms with E-state index in [1.165, 1.54) is 22.5 Å². The second-order valence-electron chi connectivity index (χ2n) is 3.78. The molecule has 0 spiro atoms. The highest BCUT2D eigenvalue weighted by Crippen LogP contribution is 2.38. The van der Waals surface area contributed by atoms with Gasteiger partial charge in [0.1, 0.15) is 0 Å². The van der Waals surface area contributed by atoms with Gasteiger partial charge in [-0.1, -0.05) is 30.1 Å². The molecule has 0 amide bonds. The van der Waals surface area contributed by atoms with E-state index in [4.69, 9.17) is 23.2 Å². The van der Waals surface area contributed by atoms with Gasteiger partial charge in [0.15, 0.2) is 0 Å². The molecule has 0 aliphatic heterocycles. The molecular formula is C12H13Cl2NS2. The zero-order valence-electron chi connectivity index (χ0n) is 9.59. The summed E-state index contributed by atoms with van der Waals surface area (Å²) in [7, 11) is 0. The van der Waals surface area contributed by atoms with Crippen LogP contribution in [0.1, 0.15) is 29.7 Å². The van der Waals surface area contributed by atoms with Gasteiger partial charge in [-0.05, 0) is 41.4 Å². The van der Waals surface area contributed by atoms with Gasteiger partial charge in [0.25, 0.3) is 0 Å². The summed E-state index contributed by atoms with van der Waals surface area (Å²) in [6.45, 7) is 5.11. The number of hydrogen-bond acceptors (Lipinski definition) is 3. The van der Waals surface area contributed by atoms with E-state index in [1.807, 2.05) is 6.07 Å². The third-order valence-electron chi connectivity index (χ3n) is 2.61. The molecule has 0 saturated heterocycles. The van der Waals surface area contributed by atoms with E-state index in [1.54, 1.807) is 11.3 Å². The van der Waals surface area contributed by atoms with Crippen molar-refractivity contribution in [2.24, 2.45) is 0 Å². The zero-order valence-corrected chi connectivity index (χ0v) is 12.7. The second-order valence-corrected chi connectivity index (χ2v) is 6.81. The van der Waals surface area contributed by atoms with E-state index in [9.17, 15) is 0 Å². The Labute approximate surface area is 119 Å². The zero-order chi connectivity index (χ0) is 12.4. The van der Waals surface area contributed by atoms with Gasteiger partial charge in [0, 0.05) is 5.56 Å². The van der Waals surface area contributed by atoms with Crippen molar-refractivity contribution in [1.82, 2.24) is 5.32 Å². The van der Waals surface area contributed by atoms with Gasteiger partial charge in [-0.25, -0.2) is 0 Å². The predicted molar refractivity (Wildman–Crippen MR) is 78.9 cm³/mol. The van der Waals surface area contributed by atoms with E-state index >= 15 is 0 Å². The molecule has 0 bridgehead atoms. The predicted octanol–water partition coefficient (Wildman–Crippen LogP) is 5.12. The minimum atomic E-state index is 0.141. The molecule has 2 heterocycles. The summed E-state index contributed by atoms with van der Waals surface area (Å²) in [6.07, 6.45) is 0. The molecule has 0 fully saturated rings. The maximum absolute atomic E-state index is 6.24. The van der Waals surface area contributed by atoms with Gasteiger partial charge >= 0.3 is 0 Å². The van der Waals surface area contributed by atoms with Gasteiger partial charge in [-0.3, -0.25) is 0 Å². The Morgan fingerprint density at radius 3 is 2.53 bits per heavy atom.